The first-order chi connectivity index (χ1) is 13.8. The van der Waals surface area contributed by atoms with Crippen molar-refractivity contribution in [2.75, 3.05) is 0 Å². The topological polar surface area (TPSA) is 0 Å². The molecular weight excluding hydrogens is 336 g/mol. The Morgan fingerprint density at radius 1 is 0.536 bits per heavy atom. The first-order valence-electron chi connectivity index (χ1n) is 9.57. The second kappa shape index (κ2) is 6.83. The van der Waals surface area contributed by atoms with Gasteiger partial charge in [-0.15, -0.1) is 0 Å². The first-order valence-corrected chi connectivity index (χ1v) is 9.57. The van der Waals surface area contributed by atoms with E-state index < -0.39 is 0 Å². The summed E-state index contributed by atoms with van der Waals surface area (Å²) in [6.45, 7) is 4.21. The summed E-state index contributed by atoms with van der Waals surface area (Å²) in [7, 11) is 0. The first kappa shape index (κ1) is 16.5. The molecule has 0 nitrogen and oxygen atoms in total. The number of benzene rings is 5. The number of rotatable bonds is 3. The van der Waals surface area contributed by atoms with Crippen molar-refractivity contribution in [3.8, 4) is 0 Å². The predicted octanol–water partition coefficient (Wildman–Crippen LogP) is 7.87. The molecule has 5 rings (SSSR count). The van der Waals surface area contributed by atoms with E-state index in [-0.39, 0.29) is 0 Å². The molecular formula is C28H20. The predicted molar refractivity (Wildman–Crippen MR) is 123 cm³/mol. The van der Waals surface area contributed by atoms with E-state index in [4.69, 9.17) is 0 Å². The van der Waals surface area contributed by atoms with Crippen molar-refractivity contribution in [3.05, 3.63) is 121 Å². The zero-order chi connectivity index (χ0) is 18.9. The van der Waals surface area contributed by atoms with Crippen LogP contribution in [0.3, 0.4) is 0 Å². The minimum absolute atomic E-state index is 1.02. The smallest absolute Gasteiger partial charge is 0.00930 e. The van der Waals surface area contributed by atoms with Crippen molar-refractivity contribution < 1.29 is 0 Å². The van der Waals surface area contributed by atoms with Crippen LogP contribution in [0.2, 0.25) is 0 Å². The van der Waals surface area contributed by atoms with Gasteiger partial charge in [0, 0.05) is 0 Å². The molecule has 0 bridgehead atoms. The van der Waals surface area contributed by atoms with Crippen LogP contribution < -0.4 is 0 Å². The summed E-state index contributed by atoms with van der Waals surface area (Å²) in [4.78, 5) is 0. The highest BCUT2D eigenvalue weighted by Crippen LogP contribution is 2.35. The second-order valence-corrected chi connectivity index (χ2v) is 7.12. The van der Waals surface area contributed by atoms with Crippen molar-refractivity contribution in [2.24, 2.45) is 0 Å². The molecule has 132 valence electrons. The fourth-order valence-electron chi connectivity index (χ4n) is 3.97. The molecule has 0 fully saturated rings. The second-order valence-electron chi connectivity index (χ2n) is 7.12. The maximum atomic E-state index is 4.21. The highest BCUT2D eigenvalue weighted by molar-refractivity contribution is 6.25. The molecule has 0 spiro atoms. The van der Waals surface area contributed by atoms with Crippen LogP contribution in [0, 0.1) is 0 Å². The molecule has 0 N–H and O–H groups in total. The van der Waals surface area contributed by atoms with Crippen LogP contribution in [0.5, 0.6) is 0 Å². The Kier molecular flexibility index (Phi) is 4.03. The highest BCUT2D eigenvalue weighted by Gasteiger charge is 2.08. The van der Waals surface area contributed by atoms with Crippen LogP contribution in [-0.2, 0) is 0 Å². The monoisotopic (exact) mass is 356 g/mol. The quantitative estimate of drug-likeness (QED) is 0.228. The normalized spacial score (nSPS) is 11.6. The van der Waals surface area contributed by atoms with Gasteiger partial charge in [-0.25, -0.2) is 0 Å². The molecule has 5 aromatic rings. The molecule has 0 aliphatic carbocycles. The van der Waals surface area contributed by atoms with Gasteiger partial charge in [-0.1, -0.05) is 110 Å². The van der Waals surface area contributed by atoms with E-state index in [1.807, 2.05) is 18.2 Å². The summed E-state index contributed by atoms with van der Waals surface area (Å²) in [5.41, 5.74) is 3.35. The summed E-state index contributed by atoms with van der Waals surface area (Å²) in [6, 6.07) is 34.4. The lowest BCUT2D eigenvalue weighted by atomic mass is 9.93. The third-order valence-corrected chi connectivity index (χ3v) is 5.39. The molecule has 0 heteroatoms. The van der Waals surface area contributed by atoms with Gasteiger partial charge in [0.2, 0.25) is 0 Å². The lowest BCUT2D eigenvalue weighted by Gasteiger charge is -2.11. The van der Waals surface area contributed by atoms with Gasteiger partial charge < -0.3 is 0 Å². The van der Waals surface area contributed by atoms with E-state index in [0.717, 1.165) is 11.1 Å². The van der Waals surface area contributed by atoms with Gasteiger partial charge in [-0.2, -0.15) is 0 Å². The molecule has 5 aromatic carbocycles. The molecule has 28 heavy (non-hydrogen) atoms. The molecule has 0 heterocycles. The van der Waals surface area contributed by atoms with Gasteiger partial charge in [-0.05, 0) is 55.1 Å². The molecule has 0 saturated carbocycles. The Morgan fingerprint density at radius 3 is 1.64 bits per heavy atom. The molecule has 0 aliphatic rings. The number of hydrogen-bond acceptors (Lipinski definition) is 0. The third kappa shape index (κ3) is 2.80. The third-order valence-electron chi connectivity index (χ3n) is 5.39. The summed E-state index contributed by atoms with van der Waals surface area (Å²) in [5.74, 6) is 0. The largest absolute Gasteiger partial charge is 0.0912 e. The summed E-state index contributed by atoms with van der Waals surface area (Å²) in [6.07, 6.45) is 4.25. The van der Waals surface area contributed by atoms with Crippen LogP contribution in [0.15, 0.2) is 110 Å². The maximum Gasteiger partial charge on any atom is -0.00930 e. The Balaban J connectivity index is 1.67. The molecule has 0 aliphatic heterocycles. The minimum atomic E-state index is 1.02. The van der Waals surface area contributed by atoms with Gasteiger partial charge in [0.1, 0.15) is 0 Å². The van der Waals surface area contributed by atoms with Gasteiger partial charge in [0.25, 0.3) is 0 Å². The van der Waals surface area contributed by atoms with E-state index in [0.29, 0.717) is 0 Å². The average molecular weight is 356 g/mol. The SMILES string of the molecule is C=C(/C=C/c1ccc2c3ccccc3c3ccccc3c2c1)c1ccccc1. The van der Waals surface area contributed by atoms with Crippen molar-refractivity contribution >= 4 is 44.0 Å². The summed E-state index contributed by atoms with van der Waals surface area (Å²) in [5, 5.41) is 7.82. The van der Waals surface area contributed by atoms with E-state index >= 15 is 0 Å². The molecule has 0 amide bonds. The van der Waals surface area contributed by atoms with E-state index in [2.05, 4.69) is 97.6 Å². The van der Waals surface area contributed by atoms with Crippen molar-refractivity contribution in [1.29, 1.82) is 0 Å². The van der Waals surface area contributed by atoms with E-state index in [1.165, 1.54) is 37.9 Å². The summed E-state index contributed by atoms with van der Waals surface area (Å²) >= 11 is 0. The summed E-state index contributed by atoms with van der Waals surface area (Å²) < 4.78 is 0. The number of fused-ring (bicyclic) bond motifs is 6. The Labute approximate surface area is 165 Å². The average Bonchev–Trinajstić information content (AvgIpc) is 2.78. The molecule has 0 radical (unpaired) electrons. The van der Waals surface area contributed by atoms with Crippen molar-refractivity contribution in [2.45, 2.75) is 0 Å². The fraction of sp³-hybridized carbons (Fsp3) is 0. The van der Waals surface area contributed by atoms with Gasteiger partial charge in [0.15, 0.2) is 0 Å². The standard InChI is InChI=1S/C28H20/c1-20(22-9-3-2-4-10-22)15-16-21-17-18-27-25-13-6-5-11-23(25)24-12-7-8-14-26(24)28(27)19-21/h2-19H,1H2/b16-15+. The fourth-order valence-corrected chi connectivity index (χ4v) is 3.97. The maximum absolute atomic E-state index is 4.21. The Morgan fingerprint density at radius 2 is 1.04 bits per heavy atom. The van der Waals surface area contributed by atoms with Gasteiger partial charge in [-0.3, -0.25) is 0 Å². The van der Waals surface area contributed by atoms with E-state index in [9.17, 15) is 0 Å². The van der Waals surface area contributed by atoms with Gasteiger partial charge in [0.05, 0.1) is 0 Å². The minimum Gasteiger partial charge on any atom is -0.0912 e. The Bertz CT molecular complexity index is 1320. The lowest BCUT2D eigenvalue weighted by molar-refractivity contribution is 1.63. The molecule has 0 atom stereocenters. The molecule has 0 unspecified atom stereocenters. The van der Waals surface area contributed by atoms with Crippen molar-refractivity contribution in [1.82, 2.24) is 0 Å². The van der Waals surface area contributed by atoms with Crippen LogP contribution in [-0.4, -0.2) is 0 Å². The molecule has 0 saturated heterocycles. The lowest BCUT2D eigenvalue weighted by Crippen LogP contribution is -1.84. The zero-order valence-corrected chi connectivity index (χ0v) is 15.6. The van der Waals surface area contributed by atoms with Gasteiger partial charge >= 0.3 is 0 Å². The zero-order valence-electron chi connectivity index (χ0n) is 15.6. The van der Waals surface area contributed by atoms with Crippen molar-refractivity contribution in [3.63, 3.8) is 0 Å². The molecule has 0 aromatic heterocycles. The number of hydrogen-bond donors (Lipinski definition) is 0. The van der Waals surface area contributed by atoms with Crippen LogP contribution in [0.1, 0.15) is 11.1 Å². The highest BCUT2D eigenvalue weighted by atomic mass is 14.1. The van der Waals surface area contributed by atoms with Crippen LogP contribution in [0.4, 0.5) is 0 Å². The van der Waals surface area contributed by atoms with Crippen LogP contribution in [0.25, 0.3) is 44.0 Å². The van der Waals surface area contributed by atoms with Crippen LogP contribution >= 0.6 is 0 Å². The van der Waals surface area contributed by atoms with E-state index in [1.54, 1.807) is 0 Å². The Hall–Kier alpha value is -3.64. The number of allylic oxidation sites excluding steroid dienone is 2.